The molecule has 0 saturated carbocycles. The predicted octanol–water partition coefficient (Wildman–Crippen LogP) is 5.11. The van der Waals surface area contributed by atoms with Crippen molar-refractivity contribution in [3.05, 3.63) is 77.4 Å². The third-order valence-electron chi connectivity index (χ3n) is 5.09. The fourth-order valence-corrected chi connectivity index (χ4v) is 3.53. The summed E-state index contributed by atoms with van der Waals surface area (Å²) in [5, 5.41) is 21.6. The third-order valence-corrected chi connectivity index (χ3v) is 5.09. The van der Waals surface area contributed by atoms with Crippen LogP contribution in [0.3, 0.4) is 0 Å². The van der Waals surface area contributed by atoms with Crippen LogP contribution in [0.25, 0.3) is 22.2 Å². The summed E-state index contributed by atoms with van der Waals surface area (Å²) in [6.45, 7) is 0.367. The first kappa shape index (κ1) is 22.7. The van der Waals surface area contributed by atoms with Gasteiger partial charge in [-0.15, -0.1) is 0 Å². The van der Waals surface area contributed by atoms with Crippen LogP contribution in [0, 0.1) is 0 Å². The number of hydroxylamine groups is 1. The number of imidazole rings is 1. The van der Waals surface area contributed by atoms with Gasteiger partial charge in [0.25, 0.3) is 0 Å². The summed E-state index contributed by atoms with van der Waals surface area (Å²) in [6, 6.07) is 15.6. The number of halogens is 3. The van der Waals surface area contributed by atoms with Crippen LogP contribution in [-0.4, -0.2) is 27.4 Å². The maximum absolute atomic E-state index is 13.8. The van der Waals surface area contributed by atoms with Crippen LogP contribution in [0.2, 0.25) is 0 Å². The molecule has 172 valence electrons. The van der Waals surface area contributed by atoms with Crippen LogP contribution < -0.4 is 10.8 Å². The highest BCUT2D eigenvalue weighted by molar-refractivity contribution is 5.86. The number of hydrogen-bond donors (Lipinski definition) is 5. The Morgan fingerprint density at radius 1 is 1.09 bits per heavy atom. The zero-order valence-corrected chi connectivity index (χ0v) is 17.4. The average molecular weight is 458 g/mol. The lowest BCUT2D eigenvalue weighted by molar-refractivity contribution is -0.137. The van der Waals surface area contributed by atoms with Crippen LogP contribution in [0.1, 0.15) is 22.9 Å². The molecule has 7 nitrogen and oxygen atoms in total. The Hall–Kier alpha value is -3.44. The minimum atomic E-state index is -4.56. The number of nitrogens with one attached hydrogen (secondary N) is 3. The van der Waals surface area contributed by atoms with Gasteiger partial charge in [0.05, 0.1) is 23.2 Å². The molecule has 0 radical (unpaired) electrons. The monoisotopic (exact) mass is 458 g/mol. The second-order valence-corrected chi connectivity index (χ2v) is 7.41. The summed E-state index contributed by atoms with van der Waals surface area (Å²) in [7, 11) is 1.55. The first-order valence-corrected chi connectivity index (χ1v) is 9.92. The van der Waals surface area contributed by atoms with E-state index in [0.717, 1.165) is 11.6 Å². The van der Waals surface area contributed by atoms with Gasteiger partial charge in [-0.05, 0) is 46.5 Å². The second kappa shape index (κ2) is 9.20. The number of H-pyrrole nitrogens is 1. The largest absolute Gasteiger partial charge is 0.417 e. The van der Waals surface area contributed by atoms with Crippen molar-refractivity contribution in [2.45, 2.75) is 19.0 Å². The highest BCUT2D eigenvalue weighted by Gasteiger charge is 2.34. The van der Waals surface area contributed by atoms with Gasteiger partial charge in [0.2, 0.25) is 5.95 Å². The van der Waals surface area contributed by atoms with Gasteiger partial charge in [0.1, 0.15) is 0 Å². The molecule has 3 aromatic carbocycles. The van der Waals surface area contributed by atoms with E-state index in [2.05, 4.69) is 15.3 Å². The number of aromatic nitrogens is 2. The van der Waals surface area contributed by atoms with Crippen molar-refractivity contribution in [1.82, 2.24) is 15.4 Å². The smallest absolute Gasteiger partial charge is 0.380 e. The van der Waals surface area contributed by atoms with Gasteiger partial charge in [0, 0.05) is 12.8 Å². The molecule has 0 bridgehead atoms. The number of anilines is 2. The normalized spacial score (nSPS) is 12.8. The Morgan fingerprint density at radius 3 is 2.52 bits per heavy atom. The van der Waals surface area contributed by atoms with E-state index < -0.39 is 18.0 Å². The van der Waals surface area contributed by atoms with Crippen molar-refractivity contribution in [1.29, 1.82) is 0 Å². The van der Waals surface area contributed by atoms with Gasteiger partial charge in [0.15, 0.2) is 6.23 Å². The highest BCUT2D eigenvalue weighted by Crippen LogP contribution is 2.39. The zero-order chi connectivity index (χ0) is 23.6. The number of aliphatic hydroxyl groups is 1. The predicted molar refractivity (Wildman–Crippen MR) is 117 cm³/mol. The first-order valence-electron chi connectivity index (χ1n) is 9.92. The number of methoxy groups -OCH3 is 1. The van der Waals surface area contributed by atoms with E-state index >= 15 is 0 Å². The maximum Gasteiger partial charge on any atom is 0.417 e. The molecule has 1 heterocycles. The quantitative estimate of drug-likeness (QED) is 0.195. The maximum atomic E-state index is 13.8. The molecule has 0 aliphatic carbocycles. The van der Waals surface area contributed by atoms with Crippen molar-refractivity contribution in [2.24, 2.45) is 0 Å². The molecule has 0 aliphatic heterocycles. The molecule has 0 saturated heterocycles. The van der Waals surface area contributed by atoms with E-state index in [9.17, 15) is 18.3 Å². The molecule has 1 atom stereocenters. The molecule has 10 heteroatoms. The number of rotatable bonds is 7. The molecule has 33 heavy (non-hydrogen) atoms. The Kier molecular flexibility index (Phi) is 6.34. The number of aromatic amines is 1. The van der Waals surface area contributed by atoms with Crippen LogP contribution in [-0.2, 0) is 17.5 Å². The van der Waals surface area contributed by atoms with Crippen molar-refractivity contribution < 1.29 is 28.2 Å². The SMILES string of the molecule is COCc1ccc(-c2cc3nc(Nc4cccc(C(O)NO)c4)[nH]c3cc2C(F)(F)F)cc1. The fraction of sp³-hybridized carbons (Fsp3) is 0.174. The van der Waals surface area contributed by atoms with E-state index in [-0.39, 0.29) is 17.0 Å². The Bertz CT molecular complexity index is 1260. The molecule has 5 N–H and O–H groups in total. The van der Waals surface area contributed by atoms with Gasteiger partial charge in [-0.25, -0.2) is 4.98 Å². The molecule has 0 aliphatic rings. The van der Waals surface area contributed by atoms with Gasteiger partial charge in [-0.3, -0.25) is 0 Å². The van der Waals surface area contributed by atoms with Crippen LogP contribution >= 0.6 is 0 Å². The Labute approximate surface area is 186 Å². The summed E-state index contributed by atoms with van der Waals surface area (Å²) >= 11 is 0. The first-order chi connectivity index (χ1) is 15.8. The minimum absolute atomic E-state index is 0.0242. The van der Waals surface area contributed by atoms with Gasteiger partial charge >= 0.3 is 6.18 Å². The Balaban J connectivity index is 1.72. The molecule has 1 aromatic heterocycles. The van der Waals surface area contributed by atoms with Crippen LogP contribution in [0.5, 0.6) is 0 Å². The van der Waals surface area contributed by atoms with E-state index in [1.165, 1.54) is 6.07 Å². The van der Waals surface area contributed by atoms with E-state index in [1.54, 1.807) is 61.1 Å². The lowest BCUT2D eigenvalue weighted by Crippen LogP contribution is -2.15. The summed E-state index contributed by atoms with van der Waals surface area (Å²) in [6.07, 6.45) is -5.84. The molecule has 4 rings (SSSR count). The van der Waals surface area contributed by atoms with E-state index in [4.69, 9.17) is 9.94 Å². The Morgan fingerprint density at radius 2 is 1.85 bits per heavy atom. The number of alkyl halides is 3. The lowest BCUT2D eigenvalue weighted by atomic mass is 9.97. The molecule has 0 fully saturated rings. The molecule has 0 amide bonds. The summed E-state index contributed by atoms with van der Waals surface area (Å²) in [4.78, 5) is 7.23. The van der Waals surface area contributed by atoms with Crippen LogP contribution in [0.4, 0.5) is 24.8 Å². The highest BCUT2D eigenvalue weighted by atomic mass is 19.4. The topological polar surface area (TPSA) is 102 Å². The number of benzene rings is 3. The van der Waals surface area contributed by atoms with E-state index in [1.807, 2.05) is 0 Å². The number of hydrogen-bond acceptors (Lipinski definition) is 6. The van der Waals surface area contributed by atoms with Gasteiger partial charge in [-0.1, -0.05) is 36.4 Å². The van der Waals surface area contributed by atoms with Crippen LogP contribution in [0.15, 0.2) is 60.7 Å². The van der Waals surface area contributed by atoms with Gasteiger partial charge in [-0.2, -0.15) is 18.7 Å². The molecule has 1 unspecified atom stereocenters. The van der Waals surface area contributed by atoms with Crippen molar-refractivity contribution in [3.63, 3.8) is 0 Å². The number of nitrogens with zero attached hydrogens (tertiary/aromatic N) is 1. The van der Waals surface area contributed by atoms with Crippen molar-refractivity contribution >= 4 is 22.7 Å². The average Bonchev–Trinajstić information content (AvgIpc) is 3.19. The zero-order valence-electron chi connectivity index (χ0n) is 17.4. The summed E-state index contributed by atoms with van der Waals surface area (Å²) in [5.41, 5.74) is 3.74. The second-order valence-electron chi connectivity index (χ2n) is 7.41. The summed E-state index contributed by atoms with van der Waals surface area (Å²) < 4.78 is 46.6. The fourth-order valence-electron chi connectivity index (χ4n) is 3.53. The number of ether oxygens (including phenoxy) is 1. The van der Waals surface area contributed by atoms with Gasteiger partial charge < -0.3 is 25.4 Å². The summed E-state index contributed by atoms with van der Waals surface area (Å²) in [5.74, 6) is 0.231. The molecule has 4 aromatic rings. The van der Waals surface area contributed by atoms with Crippen molar-refractivity contribution in [3.8, 4) is 11.1 Å². The number of fused-ring (bicyclic) bond motifs is 1. The number of aliphatic hydroxyl groups excluding tert-OH is 1. The molecular weight excluding hydrogens is 437 g/mol. The van der Waals surface area contributed by atoms with E-state index in [0.29, 0.717) is 28.9 Å². The third kappa shape index (κ3) is 4.99. The molecular formula is C23H21F3N4O3. The molecule has 0 spiro atoms. The standard InChI is InChI=1S/C23H21F3N4O3/c1-33-12-13-5-7-14(8-6-13)17-10-19-20(11-18(17)23(24,25)26)29-22(28-19)27-16-4-2-3-15(9-16)21(31)30-32/h2-11,21,30-32H,12H2,1H3,(H2,27,28,29). The minimum Gasteiger partial charge on any atom is -0.380 e. The van der Waals surface area contributed by atoms with Crippen molar-refractivity contribution in [2.75, 3.05) is 12.4 Å². The lowest BCUT2D eigenvalue weighted by Gasteiger charge is -2.13.